The number of carbonyl (C=O) groups excluding carboxylic acids is 1. The number of rotatable bonds is 6. The molecule has 17 heavy (non-hydrogen) atoms. The molecule has 1 aromatic rings. The normalized spacial score (nSPS) is 12.2. The van der Waals surface area contributed by atoms with E-state index >= 15 is 0 Å². The smallest absolute Gasteiger partial charge is 0.223 e. The summed E-state index contributed by atoms with van der Waals surface area (Å²) >= 11 is 0. The van der Waals surface area contributed by atoms with Crippen molar-refractivity contribution in [2.24, 2.45) is 11.7 Å². The molecule has 4 heteroatoms. The highest BCUT2D eigenvalue weighted by molar-refractivity contribution is 5.76. The average Bonchev–Trinajstić information content (AvgIpc) is 2.28. The first kappa shape index (κ1) is 13.5. The second-order valence-electron chi connectivity index (χ2n) is 4.26. The Hall–Kier alpha value is -1.55. The summed E-state index contributed by atoms with van der Waals surface area (Å²) in [6, 6.07) is 5.99. The Balaban J connectivity index is 2.72. The third kappa shape index (κ3) is 4.07. The summed E-state index contributed by atoms with van der Waals surface area (Å²) in [5, 5.41) is 3.09. The van der Waals surface area contributed by atoms with Crippen LogP contribution in [-0.4, -0.2) is 19.6 Å². The number of hydrogen-bond acceptors (Lipinski definition) is 3. The fraction of sp³-hybridized carbons (Fsp3) is 0.462. The van der Waals surface area contributed by atoms with E-state index in [1.807, 2.05) is 26.1 Å². The van der Waals surface area contributed by atoms with Gasteiger partial charge in [-0.1, -0.05) is 24.6 Å². The van der Waals surface area contributed by atoms with Gasteiger partial charge in [-0.3, -0.25) is 4.79 Å². The van der Waals surface area contributed by atoms with Crippen LogP contribution in [0.4, 0.5) is 0 Å². The van der Waals surface area contributed by atoms with Gasteiger partial charge in [-0.25, -0.2) is 0 Å². The summed E-state index contributed by atoms with van der Waals surface area (Å²) in [6.07, 6.45) is 0. The van der Waals surface area contributed by atoms with Crippen LogP contribution in [0.15, 0.2) is 18.2 Å². The Bertz CT molecular complexity index is 391. The van der Waals surface area contributed by atoms with Gasteiger partial charge in [0.2, 0.25) is 5.91 Å². The average molecular weight is 236 g/mol. The van der Waals surface area contributed by atoms with Crippen molar-refractivity contribution in [1.82, 2.24) is 5.32 Å². The van der Waals surface area contributed by atoms with Crippen LogP contribution in [0, 0.1) is 12.8 Å². The standard InChI is InChI=1S/C13H20N2O2/c1-9-4-5-12(11(6-9)7-15-3)17-8-10(2)13(14)16/h4-6,10,15H,7-8H2,1-3H3,(H2,14,16). The molecule has 0 spiro atoms. The first-order chi connectivity index (χ1) is 8.04. The van der Waals surface area contributed by atoms with Crippen molar-refractivity contribution in [1.29, 1.82) is 0 Å². The van der Waals surface area contributed by atoms with Crippen LogP contribution in [-0.2, 0) is 11.3 Å². The summed E-state index contributed by atoms with van der Waals surface area (Å²) in [4.78, 5) is 10.9. The van der Waals surface area contributed by atoms with Crippen molar-refractivity contribution < 1.29 is 9.53 Å². The lowest BCUT2D eigenvalue weighted by Crippen LogP contribution is -2.26. The van der Waals surface area contributed by atoms with E-state index in [9.17, 15) is 4.79 Å². The monoisotopic (exact) mass is 236 g/mol. The van der Waals surface area contributed by atoms with Crippen LogP contribution in [0.2, 0.25) is 0 Å². The van der Waals surface area contributed by atoms with Crippen LogP contribution >= 0.6 is 0 Å². The Kier molecular flexibility index (Phi) is 4.97. The van der Waals surface area contributed by atoms with E-state index in [0.29, 0.717) is 6.61 Å². The van der Waals surface area contributed by atoms with Gasteiger partial charge in [0.05, 0.1) is 12.5 Å². The third-order valence-corrected chi connectivity index (χ3v) is 2.56. The van der Waals surface area contributed by atoms with E-state index < -0.39 is 0 Å². The van der Waals surface area contributed by atoms with Crippen molar-refractivity contribution in [2.75, 3.05) is 13.7 Å². The van der Waals surface area contributed by atoms with Crippen LogP contribution in [0.25, 0.3) is 0 Å². The lowest BCUT2D eigenvalue weighted by molar-refractivity contribution is -0.122. The van der Waals surface area contributed by atoms with Crippen molar-refractivity contribution in [3.8, 4) is 5.75 Å². The molecule has 94 valence electrons. The molecule has 1 unspecified atom stereocenters. The number of ether oxygens (including phenoxy) is 1. The number of carbonyl (C=O) groups is 1. The number of aryl methyl sites for hydroxylation is 1. The second-order valence-corrected chi connectivity index (χ2v) is 4.26. The molecule has 0 radical (unpaired) electrons. The third-order valence-electron chi connectivity index (χ3n) is 2.56. The van der Waals surface area contributed by atoms with Crippen molar-refractivity contribution in [2.45, 2.75) is 20.4 Å². The quantitative estimate of drug-likeness (QED) is 0.780. The number of hydrogen-bond donors (Lipinski definition) is 2. The van der Waals surface area contributed by atoms with Gasteiger partial charge in [-0.05, 0) is 20.0 Å². The molecule has 1 rings (SSSR count). The molecule has 1 atom stereocenters. The van der Waals surface area contributed by atoms with Crippen LogP contribution in [0.3, 0.4) is 0 Å². The molecule has 1 amide bonds. The molecule has 0 aliphatic carbocycles. The minimum Gasteiger partial charge on any atom is -0.492 e. The van der Waals surface area contributed by atoms with Gasteiger partial charge in [0.1, 0.15) is 5.75 Å². The Labute approximate surface area is 102 Å². The lowest BCUT2D eigenvalue weighted by Gasteiger charge is -2.14. The molecule has 3 N–H and O–H groups in total. The molecule has 4 nitrogen and oxygen atoms in total. The van der Waals surface area contributed by atoms with Crippen molar-refractivity contribution in [3.63, 3.8) is 0 Å². The van der Waals surface area contributed by atoms with Gasteiger partial charge in [0, 0.05) is 12.1 Å². The molecule has 0 aromatic heterocycles. The fourth-order valence-electron chi connectivity index (χ4n) is 1.47. The van der Waals surface area contributed by atoms with Gasteiger partial charge in [0.25, 0.3) is 0 Å². The Morgan fingerprint density at radius 2 is 2.24 bits per heavy atom. The van der Waals surface area contributed by atoms with Crippen LogP contribution in [0.1, 0.15) is 18.1 Å². The zero-order chi connectivity index (χ0) is 12.8. The molecule has 0 heterocycles. The molecule has 0 fully saturated rings. The Morgan fingerprint density at radius 3 is 2.82 bits per heavy atom. The zero-order valence-corrected chi connectivity index (χ0v) is 10.6. The molecule has 0 aliphatic rings. The molecular weight excluding hydrogens is 216 g/mol. The summed E-state index contributed by atoms with van der Waals surface area (Å²) in [5.74, 6) is 0.184. The van der Waals surface area contributed by atoms with E-state index in [1.165, 1.54) is 5.56 Å². The van der Waals surface area contributed by atoms with Gasteiger partial charge in [-0.2, -0.15) is 0 Å². The molecule has 0 saturated carbocycles. The molecule has 0 bridgehead atoms. The SMILES string of the molecule is CNCc1cc(C)ccc1OCC(C)C(N)=O. The molecular formula is C13H20N2O2. The van der Waals surface area contributed by atoms with E-state index in [4.69, 9.17) is 10.5 Å². The maximum Gasteiger partial charge on any atom is 0.223 e. The first-order valence-corrected chi connectivity index (χ1v) is 5.71. The summed E-state index contributed by atoms with van der Waals surface area (Å²) in [6.45, 7) is 4.85. The lowest BCUT2D eigenvalue weighted by atomic mass is 10.1. The van der Waals surface area contributed by atoms with Gasteiger partial charge < -0.3 is 15.8 Å². The van der Waals surface area contributed by atoms with Gasteiger partial charge in [-0.15, -0.1) is 0 Å². The number of primary amides is 1. The maximum atomic E-state index is 10.9. The highest BCUT2D eigenvalue weighted by Gasteiger charge is 2.11. The zero-order valence-electron chi connectivity index (χ0n) is 10.6. The Morgan fingerprint density at radius 1 is 1.53 bits per heavy atom. The molecule has 0 saturated heterocycles. The molecule has 1 aromatic carbocycles. The predicted molar refractivity (Wildman–Crippen MR) is 67.8 cm³/mol. The van der Waals surface area contributed by atoms with Crippen LogP contribution < -0.4 is 15.8 Å². The molecule has 0 aliphatic heterocycles. The van der Waals surface area contributed by atoms with E-state index in [2.05, 4.69) is 11.4 Å². The van der Waals surface area contributed by atoms with Crippen molar-refractivity contribution >= 4 is 5.91 Å². The largest absolute Gasteiger partial charge is 0.492 e. The topological polar surface area (TPSA) is 64.3 Å². The van der Waals surface area contributed by atoms with E-state index in [1.54, 1.807) is 6.92 Å². The van der Waals surface area contributed by atoms with E-state index in [-0.39, 0.29) is 11.8 Å². The van der Waals surface area contributed by atoms with Crippen LogP contribution in [0.5, 0.6) is 5.75 Å². The van der Waals surface area contributed by atoms with E-state index in [0.717, 1.165) is 17.9 Å². The number of nitrogens with one attached hydrogen (secondary N) is 1. The summed E-state index contributed by atoms with van der Waals surface area (Å²) < 4.78 is 5.63. The summed E-state index contributed by atoms with van der Waals surface area (Å²) in [7, 11) is 1.89. The highest BCUT2D eigenvalue weighted by Crippen LogP contribution is 2.20. The van der Waals surface area contributed by atoms with Gasteiger partial charge >= 0.3 is 0 Å². The number of nitrogens with two attached hydrogens (primary N) is 1. The number of amides is 1. The second kappa shape index (κ2) is 6.25. The predicted octanol–water partition coefficient (Wildman–Crippen LogP) is 1.21. The van der Waals surface area contributed by atoms with Crippen molar-refractivity contribution in [3.05, 3.63) is 29.3 Å². The maximum absolute atomic E-state index is 10.9. The highest BCUT2D eigenvalue weighted by atomic mass is 16.5. The van der Waals surface area contributed by atoms with Gasteiger partial charge in [0.15, 0.2) is 0 Å². The fourth-order valence-corrected chi connectivity index (χ4v) is 1.47. The summed E-state index contributed by atoms with van der Waals surface area (Å²) in [5.41, 5.74) is 7.46. The minimum atomic E-state index is -0.340. The first-order valence-electron chi connectivity index (χ1n) is 5.71. The minimum absolute atomic E-state index is 0.279. The number of benzene rings is 1.